The molecule has 0 unspecified atom stereocenters. The van der Waals surface area contributed by atoms with Gasteiger partial charge in [0.15, 0.2) is 5.76 Å². The van der Waals surface area contributed by atoms with E-state index in [4.69, 9.17) is 8.83 Å². The fourth-order valence-electron chi connectivity index (χ4n) is 3.35. The standard InChI is InChI=1S/C17H22N6O2/c1-12(2)9-23-11-18-20-16(23)13-5-3-7-22(13)10-15-19-21-17(25-15)14-6-4-8-24-14/h4,6,8,11-13H,3,5,7,9-10H2,1-2H3/t13-/m1/s1. The number of likely N-dealkylation sites (tertiary alicyclic amines) is 1. The lowest BCUT2D eigenvalue weighted by Gasteiger charge is -2.23. The second-order valence-electron chi connectivity index (χ2n) is 6.84. The third-order valence-corrected chi connectivity index (χ3v) is 4.41. The van der Waals surface area contributed by atoms with Crippen LogP contribution in [0.4, 0.5) is 0 Å². The van der Waals surface area contributed by atoms with Gasteiger partial charge in [0.05, 0.1) is 18.8 Å². The highest BCUT2D eigenvalue weighted by atomic mass is 16.4. The molecule has 1 aliphatic heterocycles. The summed E-state index contributed by atoms with van der Waals surface area (Å²) in [6.07, 6.45) is 5.61. The largest absolute Gasteiger partial charge is 0.459 e. The Kier molecular flexibility index (Phi) is 4.35. The maximum absolute atomic E-state index is 5.75. The van der Waals surface area contributed by atoms with E-state index in [1.807, 2.05) is 12.4 Å². The van der Waals surface area contributed by atoms with Crippen molar-refractivity contribution >= 4 is 0 Å². The van der Waals surface area contributed by atoms with E-state index in [0.717, 1.165) is 31.8 Å². The maximum atomic E-state index is 5.75. The highest BCUT2D eigenvalue weighted by Crippen LogP contribution is 2.32. The van der Waals surface area contributed by atoms with Crippen LogP contribution in [0, 0.1) is 5.92 Å². The molecule has 3 aromatic rings. The molecule has 4 heterocycles. The van der Waals surface area contributed by atoms with E-state index in [1.54, 1.807) is 12.3 Å². The van der Waals surface area contributed by atoms with Crippen molar-refractivity contribution in [3.8, 4) is 11.7 Å². The molecule has 8 heteroatoms. The van der Waals surface area contributed by atoms with Crippen LogP contribution in [-0.4, -0.2) is 36.4 Å². The van der Waals surface area contributed by atoms with Gasteiger partial charge in [0.25, 0.3) is 5.89 Å². The first-order valence-corrected chi connectivity index (χ1v) is 8.68. The number of rotatable bonds is 6. The lowest BCUT2D eigenvalue weighted by Crippen LogP contribution is -2.26. The SMILES string of the molecule is CC(C)Cn1cnnc1[C@H]1CCCN1Cc1nnc(-c2ccco2)o1. The van der Waals surface area contributed by atoms with Gasteiger partial charge in [-0.25, -0.2) is 0 Å². The van der Waals surface area contributed by atoms with E-state index >= 15 is 0 Å². The molecule has 0 aliphatic carbocycles. The molecule has 0 amide bonds. The van der Waals surface area contributed by atoms with Crippen molar-refractivity contribution in [3.63, 3.8) is 0 Å². The number of aromatic nitrogens is 5. The molecule has 4 rings (SSSR count). The second-order valence-corrected chi connectivity index (χ2v) is 6.84. The fourth-order valence-corrected chi connectivity index (χ4v) is 3.35. The Labute approximate surface area is 145 Å². The molecule has 0 spiro atoms. The van der Waals surface area contributed by atoms with Crippen molar-refractivity contribution in [2.24, 2.45) is 5.92 Å². The molecule has 1 atom stereocenters. The van der Waals surface area contributed by atoms with E-state index in [0.29, 0.717) is 30.0 Å². The van der Waals surface area contributed by atoms with Crippen molar-refractivity contribution in [1.82, 2.24) is 29.9 Å². The topological polar surface area (TPSA) is 86.0 Å². The quantitative estimate of drug-likeness (QED) is 0.680. The van der Waals surface area contributed by atoms with Crippen molar-refractivity contribution in [2.45, 2.75) is 45.8 Å². The highest BCUT2D eigenvalue weighted by Gasteiger charge is 2.31. The Hall–Kier alpha value is -2.48. The summed E-state index contributed by atoms with van der Waals surface area (Å²) in [5.41, 5.74) is 0. The number of furan rings is 1. The first-order valence-electron chi connectivity index (χ1n) is 8.68. The molecular weight excluding hydrogens is 320 g/mol. The first-order chi connectivity index (χ1) is 12.2. The van der Waals surface area contributed by atoms with Crippen LogP contribution < -0.4 is 0 Å². The second kappa shape index (κ2) is 6.79. The first kappa shape index (κ1) is 16.0. The van der Waals surface area contributed by atoms with Gasteiger partial charge in [0.2, 0.25) is 5.89 Å². The summed E-state index contributed by atoms with van der Waals surface area (Å²) in [7, 11) is 0. The molecule has 1 aliphatic rings. The molecule has 1 saturated heterocycles. The molecular formula is C17H22N6O2. The Morgan fingerprint density at radius 2 is 2.20 bits per heavy atom. The van der Waals surface area contributed by atoms with Crippen LogP contribution in [0.1, 0.15) is 44.4 Å². The number of hydrogen-bond acceptors (Lipinski definition) is 7. The van der Waals surface area contributed by atoms with Gasteiger partial charge in [-0.2, -0.15) is 0 Å². The molecule has 1 fully saturated rings. The predicted molar refractivity (Wildman–Crippen MR) is 89.2 cm³/mol. The van der Waals surface area contributed by atoms with Gasteiger partial charge in [-0.05, 0) is 37.4 Å². The lowest BCUT2D eigenvalue weighted by molar-refractivity contribution is 0.211. The third kappa shape index (κ3) is 3.34. The van der Waals surface area contributed by atoms with Crippen molar-refractivity contribution in [1.29, 1.82) is 0 Å². The Morgan fingerprint density at radius 3 is 3.00 bits per heavy atom. The number of nitrogens with zero attached hydrogens (tertiary/aromatic N) is 6. The summed E-state index contributed by atoms with van der Waals surface area (Å²) in [6.45, 7) is 6.91. The van der Waals surface area contributed by atoms with Gasteiger partial charge in [-0.15, -0.1) is 20.4 Å². The highest BCUT2D eigenvalue weighted by molar-refractivity contribution is 5.42. The summed E-state index contributed by atoms with van der Waals surface area (Å²) in [4.78, 5) is 2.33. The van der Waals surface area contributed by atoms with Gasteiger partial charge in [0.1, 0.15) is 12.2 Å². The van der Waals surface area contributed by atoms with Crippen LogP contribution >= 0.6 is 0 Å². The Morgan fingerprint density at radius 1 is 1.28 bits per heavy atom. The van der Waals surface area contributed by atoms with Crippen LogP contribution in [0.25, 0.3) is 11.7 Å². The zero-order valence-corrected chi connectivity index (χ0v) is 14.5. The third-order valence-electron chi connectivity index (χ3n) is 4.41. The number of hydrogen-bond donors (Lipinski definition) is 0. The van der Waals surface area contributed by atoms with Crippen molar-refractivity contribution in [2.75, 3.05) is 6.54 Å². The molecule has 0 radical (unpaired) electrons. The Balaban J connectivity index is 1.50. The zero-order chi connectivity index (χ0) is 17.2. The van der Waals surface area contributed by atoms with E-state index in [2.05, 4.69) is 43.7 Å². The van der Waals surface area contributed by atoms with E-state index in [9.17, 15) is 0 Å². The summed E-state index contributed by atoms with van der Waals surface area (Å²) >= 11 is 0. The minimum atomic E-state index is 0.236. The van der Waals surface area contributed by atoms with Crippen molar-refractivity contribution in [3.05, 3.63) is 36.4 Å². The molecule has 0 saturated carbocycles. The molecule has 0 bridgehead atoms. The summed E-state index contributed by atoms with van der Waals surface area (Å²) in [5, 5.41) is 16.7. The summed E-state index contributed by atoms with van der Waals surface area (Å²) < 4.78 is 13.2. The van der Waals surface area contributed by atoms with Crippen LogP contribution in [0.2, 0.25) is 0 Å². The normalized spacial score (nSPS) is 18.4. The van der Waals surface area contributed by atoms with Crippen LogP contribution in [-0.2, 0) is 13.1 Å². The maximum Gasteiger partial charge on any atom is 0.283 e. The van der Waals surface area contributed by atoms with Crippen LogP contribution in [0.3, 0.4) is 0 Å². The lowest BCUT2D eigenvalue weighted by atomic mass is 10.2. The average molecular weight is 342 g/mol. The van der Waals surface area contributed by atoms with E-state index < -0.39 is 0 Å². The average Bonchev–Trinajstić information content (AvgIpc) is 3.34. The Bertz CT molecular complexity index is 807. The minimum Gasteiger partial charge on any atom is -0.459 e. The monoisotopic (exact) mass is 342 g/mol. The molecule has 8 nitrogen and oxygen atoms in total. The van der Waals surface area contributed by atoms with Gasteiger partial charge < -0.3 is 13.4 Å². The van der Waals surface area contributed by atoms with Gasteiger partial charge in [0, 0.05) is 6.54 Å². The van der Waals surface area contributed by atoms with Gasteiger partial charge >= 0.3 is 0 Å². The van der Waals surface area contributed by atoms with Crippen LogP contribution in [0.5, 0.6) is 0 Å². The van der Waals surface area contributed by atoms with Crippen LogP contribution in [0.15, 0.2) is 33.6 Å². The molecule has 0 N–H and O–H groups in total. The van der Waals surface area contributed by atoms with E-state index in [1.165, 1.54) is 0 Å². The molecule has 25 heavy (non-hydrogen) atoms. The van der Waals surface area contributed by atoms with Gasteiger partial charge in [-0.3, -0.25) is 4.90 Å². The summed E-state index contributed by atoms with van der Waals surface area (Å²) in [6, 6.07) is 3.85. The summed E-state index contributed by atoms with van der Waals surface area (Å²) in [5.74, 6) is 3.17. The molecule has 3 aromatic heterocycles. The fraction of sp³-hybridized carbons (Fsp3) is 0.529. The minimum absolute atomic E-state index is 0.236. The van der Waals surface area contributed by atoms with E-state index in [-0.39, 0.29) is 6.04 Å². The molecule has 132 valence electrons. The molecule has 0 aromatic carbocycles. The van der Waals surface area contributed by atoms with Gasteiger partial charge in [-0.1, -0.05) is 13.8 Å². The predicted octanol–water partition coefficient (Wildman–Crippen LogP) is 2.91. The smallest absolute Gasteiger partial charge is 0.283 e. The van der Waals surface area contributed by atoms with Crippen molar-refractivity contribution < 1.29 is 8.83 Å². The zero-order valence-electron chi connectivity index (χ0n) is 14.5.